The smallest absolute Gasteiger partial charge is 0.256 e. The van der Waals surface area contributed by atoms with Gasteiger partial charge in [-0.15, -0.1) is 10.2 Å². The first-order valence-corrected chi connectivity index (χ1v) is 7.45. The maximum Gasteiger partial charge on any atom is 0.256 e. The van der Waals surface area contributed by atoms with Gasteiger partial charge in [-0.05, 0) is 18.4 Å². The Balaban J connectivity index is 1.59. The number of nitrogens with one attached hydrogen (secondary N) is 1. The molecule has 0 fully saturated rings. The van der Waals surface area contributed by atoms with Crippen LogP contribution in [0.4, 0.5) is 0 Å². The number of carbonyl (C=O) groups is 1. The molecular weight excluding hydrogens is 292 g/mol. The van der Waals surface area contributed by atoms with Crippen molar-refractivity contribution in [1.82, 2.24) is 29.9 Å². The number of aromatic nitrogens is 5. The molecule has 0 atom stereocenters. The minimum absolute atomic E-state index is 0.144. The molecule has 1 amide bonds. The molecule has 3 rings (SSSR count). The Kier molecular flexibility index (Phi) is 4.46. The van der Waals surface area contributed by atoms with E-state index in [1.807, 2.05) is 18.2 Å². The van der Waals surface area contributed by atoms with E-state index < -0.39 is 0 Å². The lowest BCUT2D eigenvalue weighted by molar-refractivity contribution is 0.0953. The summed E-state index contributed by atoms with van der Waals surface area (Å²) in [4.78, 5) is 12.4. The van der Waals surface area contributed by atoms with Gasteiger partial charge in [0.15, 0.2) is 0 Å². The quantitative estimate of drug-likeness (QED) is 0.697. The van der Waals surface area contributed by atoms with Crippen LogP contribution >= 0.6 is 0 Å². The molecule has 118 valence electrons. The second-order valence-corrected chi connectivity index (χ2v) is 5.22. The molecule has 0 radical (unpaired) electrons. The van der Waals surface area contributed by atoms with E-state index in [2.05, 4.69) is 32.7 Å². The maximum atomic E-state index is 12.4. The zero-order valence-corrected chi connectivity index (χ0v) is 12.9. The molecule has 2 aromatic heterocycles. The van der Waals surface area contributed by atoms with Gasteiger partial charge in [-0.2, -0.15) is 5.10 Å². The number of hydrogen-bond acceptors (Lipinski definition) is 4. The van der Waals surface area contributed by atoms with E-state index in [-0.39, 0.29) is 5.91 Å². The third-order valence-electron chi connectivity index (χ3n) is 3.59. The van der Waals surface area contributed by atoms with Crippen molar-refractivity contribution in [3.8, 4) is 5.82 Å². The Hall–Kier alpha value is -2.96. The summed E-state index contributed by atoms with van der Waals surface area (Å²) in [5.74, 6) is 0.505. The molecule has 0 saturated heterocycles. The molecule has 0 spiro atoms. The van der Waals surface area contributed by atoms with Crippen LogP contribution in [0.15, 0.2) is 49.2 Å². The fraction of sp³-hybridized carbons (Fsp3) is 0.250. The summed E-state index contributed by atoms with van der Waals surface area (Å²) >= 11 is 0. The number of amides is 1. The molecule has 0 aliphatic rings. The van der Waals surface area contributed by atoms with Crippen molar-refractivity contribution in [3.63, 3.8) is 0 Å². The molecule has 0 aliphatic carbocycles. The lowest BCUT2D eigenvalue weighted by Gasteiger charge is -2.07. The van der Waals surface area contributed by atoms with Gasteiger partial charge in [-0.25, -0.2) is 0 Å². The standard InChI is InChI=1S/C16H18N6O/c1-21-16(22-11-18-19-12-22)14(10-20-21)15(23)17-9-5-8-13-6-3-2-4-7-13/h2-4,6-7,10-12H,5,8-9H2,1H3,(H,17,23). The van der Waals surface area contributed by atoms with Crippen molar-refractivity contribution in [3.05, 3.63) is 60.3 Å². The third-order valence-corrected chi connectivity index (χ3v) is 3.59. The fourth-order valence-electron chi connectivity index (χ4n) is 2.44. The Morgan fingerprint density at radius 2 is 1.91 bits per heavy atom. The summed E-state index contributed by atoms with van der Waals surface area (Å²) < 4.78 is 3.30. The van der Waals surface area contributed by atoms with Crippen LogP contribution in [-0.2, 0) is 13.5 Å². The summed E-state index contributed by atoms with van der Waals surface area (Å²) in [5.41, 5.74) is 1.78. The van der Waals surface area contributed by atoms with Gasteiger partial charge in [-0.1, -0.05) is 30.3 Å². The Morgan fingerprint density at radius 3 is 2.65 bits per heavy atom. The Bertz CT molecular complexity index is 763. The SMILES string of the molecule is Cn1ncc(C(=O)NCCCc2ccccc2)c1-n1cnnc1. The second-order valence-electron chi connectivity index (χ2n) is 5.22. The monoisotopic (exact) mass is 310 g/mol. The number of rotatable bonds is 6. The largest absolute Gasteiger partial charge is 0.352 e. The summed E-state index contributed by atoms with van der Waals surface area (Å²) in [6.07, 6.45) is 6.47. The van der Waals surface area contributed by atoms with Crippen LogP contribution in [0.2, 0.25) is 0 Å². The molecule has 7 nitrogen and oxygen atoms in total. The van der Waals surface area contributed by atoms with Gasteiger partial charge in [0.1, 0.15) is 24.0 Å². The van der Waals surface area contributed by atoms with Crippen molar-refractivity contribution in [2.24, 2.45) is 7.05 Å². The average molecular weight is 310 g/mol. The summed E-state index contributed by atoms with van der Waals surface area (Å²) in [5, 5.41) is 14.6. The number of hydrogen-bond donors (Lipinski definition) is 1. The van der Waals surface area contributed by atoms with Gasteiger partial charge >= 0.3 is 0 Å². The predicted molar refractivity (Wildman–Crippen MR) is 85.2 cm³/mol. The van der Waals surface area contributed by atoms with Crippen molar-refractivity contribution in [1.29, 1.82) is 0 Å². The van der Waals surface area contributed by atoms with Crippen LogP contribution in [0, 0.1) is 0 Å². The average Bonchev–Trinajstić information content (AvgIpc) is 3.21. The van der Waals surface area contributed by atoms with Gasteiger partial charge in [0.05, 0.1) is 6.20 Å². The van der Waals surface area contributed by atoms with Gasteiger partial charge in [-0.3, -0.25) is 14.0 Å². The van der Waals surface area contributed by atoms with E-state index in [4.69, 9.17) is 0 Å². The van der Waals surface area contributed by atoms with E-state index in [0.29, 0.717) is 17.9 Å². The minimum Gasteiger partial charge on any atom is -0.352 e. The highest BCUT2D eigenvalue weighted by atomic mass is 16.1. The van der Waals surface area contributed by atoms with Crippen molar-refractivity contribution in [2.45, 2.75) is 12.8 Å². The topological polar surface area (TPSA) is 77.6 Å². The van der Waals surface area contributed by atoms with Gasteiger partial charge in [0.2, 0.25) is 0 Å². The lowest BCUT2D eigenvalue weighted by atomic mass is 10.1. The summed E-state index contributed by atoms with van der Waals surface area (Å²) in [7, 11) is 1.78. The first kappa shape index (κ1) is 15.0. The van der Waals surface area contributed by atoms with Crippen LogP contribution in [0.1, 0.15) is 22.3 Å². The van der Waals surface area contributed by atoms with Gasteiger partial charge in [0.25, 0.3) is 5.91 Å². The Labute approximate surface area is 134 Å². The lowest BCUT2D eigenvalue weighted by Crippen LogP contribution is -2.25. The van der Waals surface area contributed by atoms with E-state index >= 15 is 0 Å². The van der Waals surface area contributed by atoms with Crippen LogP contribution in [0.3, 0.4) is 0 Å². The number of nitrogens with zero attached hydrogens (tertiary/aromatic N) is 5. The number of benzene rings is 1. The van der Waals surface area contributed by atoms with Crippen molar-refractivity contribution < 1.29 is 4.79 Å². The van der Waals surface area contributed by atoms with Gasteiger partial charge < -0.3 is 5.32 Å². The highest BCUT2D eigenvalue weighted by Gasteiger charge is 2.17. The normalized spacial score (nSPS) is 10.7. The summed E-state index contributed by atoms with van der Waals surface area (Å²) in [6.45, 7) is 0.615. The van der Waals surface area contributed by atoms with E-state index in [1.165, 1.54) is 5.56 Å². The van der Waals surface area contributed by atoms with Crippen LogP contribution in [0.25, 0.3) is 5.82 Å². The first-order chi connectivity index (χ1) is 11.3. The third kappa shape index (κ3) is 3.45. The van der Waals surface area contributed by atoms with Crippen LogP contribution in [0.5, 0.6) is 0 Å². The molecule has 0 aliphatic heterocycles. The molecule has 0 unspecified atom stereocenters. The first-order valence-electron chi connectivity index (χ1n) is 7.45. The highest BCUT2D eigenvalue weighted by Crippen LogP contribution is 2.12. The van der Waals surface area contributed by atoms with Crippen molar-refractivity contribution in [2.75, 3.05) is 6.54 Å². The van der Waals surface area contributed by atoms with E-state index in [1.54, 1.807) is 35.1 Å². The molecule has 23 heavy (non-hydrogen) atoms. The molecule has 1 N–H and O–H groups in total. The molecule has 0 saturated carbocycles. The molecule has 7 heteroatoms. The maximum absolute atomic E-state index is 12.4. The molecule has 2 heterocycles. The van der Waals surface area contributed by atoms with Crippen molar-refractivity contribution >= 4 is 5.91 Å². The zero-order chi connectivity index (χ0) is 16.1. The Morgan fingerprint density at radius 1 is 1.17 bits per heavy atom. The van der Waals surface area contributed by atoms with Gasteiger partial charge in [0, 0.05) is 13.6 Å². The molecule has 3 aromatic rings. The predicted octanol–water partition coefficient (Wildman–Crippen LogP) is 1.36. The highest BCUT2D eigenvalue weighted by molar-refractivity contribution is 5.97. The van der Waals surface area contributed by atoms with E-state index in [0.717, 1.165) is 12.8 Å². The number of carbonyl (C=O) groups excluding carboxylic acids is 1. The number of aryl methyl sites for hydroxylation is 2. The second kappa shape index (κ2) is 6.87. The molecule has 0 bridgehead atoms. The molecular formula is C16H18N6O. The van der Waals surface area contributed by atoms with Crippen LogP contribution in [-0.4, -0.2) is 37.0 Å². The zero-order valence-electron chi connectivity index (χ0n) is 12.9. The van der Waals surface area contributed by atoms with Crippen LogP contribution < -0.4 is 5.32 Å². The summed E-state index contributed by atoms with van der Waals surface area (Å²) in [6, 6.07) is 10.2. The van der Waals surface area contributed by atoms with E-state index in [9.17, 15) is 4.79 Å². The fourth-order valence-corrected chi connectivity index (χ4v) is 2.44. The minimum atomic E-state index is -0.144. The molecule has 1 aromatic carbocycles.